The molecule has 0 aliphatic heterocycles. The Kier molecular flexibility index (Phi) is 6.06. The van der Waals surface area contributed by atoms with Crippen molar-refractivity contribution in [2.75, 3.05) is 0 Å². The second kappa shape index (κ2) is 7.07. The zero-order chi connectivity index (χ0) is 12.0. The Balaban J connectivity index is 2.33. The molecule has 0 saturated carbocycles. The van der Waals surface area contributed by atoms with E-state index in [2.05, 4.69) is 35.1 Å². The quantitative estimate of drug-likeness (QED) is 0.784. The van der Waals surface area contributed by atoms with Gasteiger partial charge in [-0.25, -0.2) is 0 Å². The third-order valence-electron chi connectivity index (χ3n) is 2.42. The lowest BCUT2D eigenvalue weighted by Crippen LogP contribution is -2.31. The van der Waals surface area contributed by atoms with E-state index < -0.39 is 0 Å². The molecular weight excluding hydrogens is 286 g/mol. The van der Waals surface area contributed by atoms with Gasteiger partial charge in [0.05, 0.1) is 8.66 Å². The minimum absolute atomic E-state index is 0.0414. The number of carbonyl (C=O) groups excluding carboxylic acids is 1. The molecule has 1 atom stereocenters. The van der Waals surface area contributed by atoms with Gasteiger partial charge in [-0.15, -0.1) is 11.3 Å². The molecule has 0 spiro atoms. The van der Waals surface area contributed by atoms with E-state index in [1.54, 1.807) is 0 Å². The Morgan fingerprint density at radius 3 is 2.81 bits per heavy atom. The van der Waals surface area contributed by atoms with Crippen LogP contribution in [0.3, 0.4) is 0 Å². The van der Waals surface area contributed by atoms with Crippen molar-refractivity contribution in [3.63, 3.8) is 0 Å². The summed E-state index contributed by atoms with van der Waals surface area (Å²) < 4.78 is 0.997. The second-order valence-corrected chi connectivity index (χ2v) is 6.44. The molecule has 0 fully saturated rings. The van der Waals surface area contributed by atoms with Crippen molar-refractivity contribution < 1.29 is 4.79 Å². The zero-order valence-corrected chi connectivity index (χ0v) is 12.2. The van der Waals surface area contributed by atoms with Gasteiger partial charge in [-0.05, 0) is 41.4 Å². The van der Waals surface area contributed by atoms with Crippen LogP contribution in [0.4, 0.5) is 0 Å². The predicted octanol–water partition coefficient (Wildman–Crippen LogP) is 4.21. The molecule has 1 rings (SSSR count). The minimum Gasteiger partial charge on any atom is -0.349 e. The topological polar surface area (TPSA) is 29.1 Å². The molecule has 0 bridgehead atoms. The maximum absolute atomic E-state index is 11.8. The van der Waals surface area contributed by atoms with E-state index in [1.165, 1.54) is 30.6 Å². The fourth-order valence-corrected chi connectivity index (χ4v) is 2.79. The molecular formula is C12H18BrNOS. The van der Waals surface area contributed by atoms with Crippen LogP contribution in [0.25, 0.3) is 0 Å². The highest BCUT2D eigenvalue weighted by Crippen LogP contribution is 2.22. The monoisotopic (exact) mass is 303 g/mol. The first-order chi connectivity index (χ1) is 7.63. The van der Waals surface area contributed by atoms with Crippen LogP contribution >= 0.6 is 27.3 Å². The molecule has 2 nitrogen and oxygen atoms in total. The van der Waals surface area contributed by atoms with E-state index in [0.717, 1.165) is 15.1 Å². The van der Waals surface area contributed by atoms with Gasteiger partial charge in [-0.3, -0.25) is 4.79 Å². The van der Waals surface area contributed by atoms with Crippen molar-refractivity contribution in [3.8, 4) is 0 Å². The molecule has 4 heteroatoms. The maximum Gasteiger partial charge on any atom is 0.261 e. The third-order valence-corrected chi connectivity index (χ3v) is 4.04. The normalized spacial score (nSPS) is 12.4. The minimum atomic E-state index is 0.0414. The Bertz CT molecular complexity index is 338. The SMILES string of the molecule is CCCCC[C@H](C)NC(=O)c1ccc(Br)s1. The van der Waals surface area contributed by atoms with E-state index in [0.29, 0.717) is 0 Å². The van der Waals surface area contributed by atoms with E-state index in [9.17, 15) is 4.79 Å². The summed E-state index contributed by atoms with van der Waals surface area (Å²) in [7, 11) is 0. The lowest BCUT2D eigenvalue weighted by Gasteiger charge is -2.12. The smallest absolute Gasteiger partial charge is 0.261 e. The first kappa shape index (κ1) is 13.7. The summed E-state index contributed by atoms with van der Waals surface area (Å²) >= 11 is 4.83. The number of hydrogen-bond donors (Lipinski definition) is 1. The van der Waals surface area contributed by atoms with Crippen LogP contribution in [0.15, 0.2) is 15.9 Å². The number of thiophene rings is 1. The fraction of sp³-hybridized carbons (Fsp3) is 0.583. The van der Waals surface area contributed by atoms with Crippen LogP contribution in [-0.2, 0) is 0 Å². The zero-order valence-electron chi connectivity index (χ0n) is 9.75. The summed E-state index contributed by atoms with van der Waals surface area (Å²) in [5.41, 5.74) is 0. The molecule has 0 aliphatic rings. The molecule has 1 heterocycles. The number of amides is 1. The van der Waals surface area contributed by atoms with Gasteiger partial charge >= 0.3 is 0 Å². The summed E-state index contributed by atoms with van der Waals surface area (Å²) in [6.07, 6.45) is 4.71. The Labute approximate surface area is 110 Å². The van der Waals surface area contributed by atoms with Gasteiger partial charge in [0.1, 0.15) is 0 Å². The van der Waals surface area contributed by atoms with Crippen LogP contribution < -0.4 is 5.32 Å². The largest absolute Gasteiger partial charge is 0.349 e. The number of carbonyl (C=O) groups is 1. The van der Waals surface area contributed by atoms with Crippen LogP contribution in [-0.4, -0.2) is 11.9 Å². The van der Waals surface area contributed by atoms with Gasteiger partial charge in [0.2, 0.25) is 0 Å². The van der Waals surface area contributed by atoms with Crippen molar-refractivity contribution >= 4 is 33.2 Å². The van der Waals surface area contributed by atoms with Crippen LogP contribution in [0, 0.1) is 0 Å². The van der Waals surface area contributed by atoms with Crippen LogP contribution in [0.5, 0.6) is 0 Å². The van der Waals surface area contributed by atoms with E-state index in [-0.39, 0.29) is 11.9 Å². The predicted molar refractivity (Wildman–Crippen MR) is 73.1 cm³/mol. The van der Waals surface area contributed by atoms with E-state index in [1.807, 2.05) is 12.1 Å². The molecule has 90 valence electrons. The molecule has 1 aromatic heterocycles. The van der Waals surface area contributed by atoms with Crippen molar-refractivity contribution in [1.82, 2.24) is 5.32 Å². The fourth-order valence-electron chi connectivity index (χ4n) is 1.50. The van der Waals surface area contributed by atoms with Gasteiger partial charge in [0, 0.05) is 6.04 Å². The molecule has 1 amide bonds. The molecule has 0 unspecified atom stereocenters. The number of nitrogens with one attached hydrogen (secondary N) is 1. The van der Waals surface area contributed by atoms with Crippen LogP contribution in [0.2, 0.25) is 0 Å². The maximum atomic E-state index is 11.8. The highest BCUT2D eigenvalue weighted by molar-refractivity contribution is 9.11. The first-order valence-corrected chi connectivity index (χ1v) is 7.30. The van der Waals surface area contributed by atoms with Gasteiger partial charge in [0.15, 0.2) is 0 Å². The van der Waals surface area contributed by atoms with Crippen molar-refractivity contribution in [2.24, 2.45) is 0 Å². The summed E-state index contributed by atoms with van der Waals surface area (Å²) in [4.78, 5) is 12.6. The molecule has 1 aromatic rings. The standard InChI is InChI=1S/C12H18BrNOS/c1-3-4-5-6-9(2)14-12(15)10-7-8-11(13)16-10/h7-9H,3-6H2,1-2H3,(H,14,15)/t9-/m0/s1. The summed E-state index contributed by atoms with van der Waals surface area (Å²) in [6, 6.07) is 4.02. The average molecular weight is 304 g/mol. The van der Waals surface area contributed by atoms with E-state index in [4.69, 9.17) is 0 Å². The lowest BCUT2D eigenvalue weighted by molar-refractivity contribution is 0.0942. The number of rotatable bonds is 6. The number of unbranched alkanes of at least 4 members (excludes halogenated alkanes) is 2. The van der Waals surface area contributed by atoms with Crippen molar-refractivity contribution in [1.29, 1.82) is 0 Å². The molecule has 0 radical (unpaired) electrons. The Morgan fingerprint density at radius 2 is 2.25 bits per heavy atom. The summed E-state index contributed by atoms with van der Waals surface area (Å²) in [5, 5.41) is 3.02. The number of hydrogen-bond acceptors (Lipinski definition) is 2. The second-order valence-electron chi connectivity index (χ2n) is 3.97. The lowest BCUT2D eigenvalue weighted by atomic mass is 10.1. The van der Waals surface area contributed by atoms with Crippen molar-refractivity contribution in [3.05, 3.63) is 20.8 Å². The van der Waals surface area contributed by atoms with Gasteiger partial charge in [0.25, 0.3) is 5.91 Å². The van der Waals surface area contributed by atoms with Crippen LogP contribution in [0.1, 0.15) is 49.2 Å². The number of halogens is 1. The Hall–Kier alpha value is -0.350. The summed E-state index contributed by atoms with van der Waals surface area (Å²) in [5.74, 6) is 0.0414. The molecule has 0 aromatic carbocycles. The Morgan fingerprint density at radius 1 is 1.50 bits per heavy atom. The first-order valence-electron chi connectivity index (χ1n) is 5.69. The highest BCUT2D eigenvalue weighted by atomic mass is 79.9. The molecule has 16 heavy (non-hydrogen) atoms. The van der Waals surface area contributed by atoms with Gasteiger partial charge < -0.3 is 5.32 Å². The summed E-state index contributed by atoms with van der Waals surface area (Å²) in [6.45, 7) is 4.25. The highest BCUT2D eigenvalue weighted by Gasteiger charge is 2.11. The third kappa shape index (κ3) is 4.66. The van der Waals surface area contributed by atoms with Gasteiger partial charge in [-0.2, -0.15) is 0 Å². The molecule has 0 aliphatic carbocycles. The molecule has 0 saturated heterocycles. The van der Waals surface area contributed by atoms with E-state index >= 15 is 0 Å². The van der Waals surface area contributed by atoms with Crippen molar-refractivity contribution in [2.45, 2.75) is 45.6 Å². The average Bonchev–Trinajstić information content (AvgIpc) is 2.65. The van der Waals surface area contributed by atoms with Gasteiger partial charge in [-0.1, -0.05) is 26.2 Å². The molecule has 1 N–H and O–H groups in total.